The monoisotopic (exact) mass is 460 g/mol. The van der Waals surface area contributed by atoms with Gasteiger partial charge in [-0.3, -0.25) is 0 Å². The highest BCUT2D eigenvalue weighted by Gasteiger charge is 2.07. The molecule has 0 fully saturated rings. The van der Waals surface area contributed by atoms with Crippen LogP contribution < -0.4 is 0 Å². The van der Waals surface area contributed by atoms with Gasteiger partial charge in [-0.1, -0.05) is 132 Å². The summed E-state index contributed by atoms with van der Waals surface area (Å²) in [5.74, 6) is 0.816. The molecule has 0 radical (unpaired) electrons. The lowest BCUT2D eigenvalue weighted by molar-refractivity contribution is 0.474. The third kappa shape index (κ3) is 12.4. The molecule has 0 saturated carbocycles. The van der Waals surface area contributed by atoms with Crippen molar-refractivity contribution in [1.29, 1.82) is 0 Å². The molecule has 0 unspecified atom stereocenters. The molecule has 186 valence electrons. The SMILES string of the molecule is CC.CC.CC.Cc1ccc(CCC(/C=C/c2ccccc2O)CCc2ccc(C)cc2)cc1. The van der Waals surface area contributed by atoms with E-state index in [4.69, 9.17) is 0 Å². The van der Waals surface area contributed by atoms with Gasteiger partial charge in [0.2, 0.25) is 0 Å². The first-order chi connectivity index (χ1) is 16.6. The Labute approximate surface area is 210 Å². The van der Waals surface area contributed by atoms with Crippen molar-refractivity contribution in [2.45, 2.75) is 81.1 Å². The van der Waals surface area contributed by atoms with Crippen LogP contribution in [-0.4, -0.2) is 5.11 Å². The minimum atomic E-state index is 0.342. The van der Waals surface area contributed by atoms with E-state index in [9.17, 15) is 5.11 Å². The van der Waals surface area contributed by atoms with Crippen molar-refractivity contribution in [1.82, 2.24) is 0 Å². The fraction of sp³-hybridized carbons (Fsp3) is 0.394. The first-order valence-electron chi connectivity index (χ1n) is 13.2. The molecule has 0 spiro atoms. The molecule has 0 aromatic heterocycles. The standard InChI is InChI=1S/C27H30O.3C2H6/c1-21-7-11-23(12-8-21)15-17-25(18-16-24-13-9-22(2)10-14-24)19-20-26-5-3-4-6-27(26)28;3*1-2/h3-14,19-20,25,28H,15-18H2,1-2H3;3*1-2H3/b20-19+;;;. The summed E-state index contributed by atoms with van der Waals surface area (Å²) in [4.78, 5) is 0. The molecule has 1 nitrogen and oxygen atoms in total. The minimum absolute atomic E-state index is 0.342. The summed E-state index contributed by atoms with van der Waals surface area (Å²) in [6.45, 7) is 16.3. The molecule has 0 aliphatic rings. The third-order valence-electron chi connectivity index (χ3n) is 5.33. The van der Waals surface area contributed by atoms with Gasteiger partial charge in [-0.05, 0) is 62.6 Å². The molecule has 0 heterocycles. The summed E-state index contributed by atoms with van der Waals surface area (Å²) in [7, 11) is 0. The average molecular weight is 461 g/mol. The van der Waals surface area contributed by atoms with E-state index < -0.39 is 0 Å². The van der Waals surface area contributed by atoms with Gasteiger partial charge < -0.3 is 5.11 Å². The molecule has 0 saturated heterocycles. The topological polar surface area (TPSA) is 20.2 Å². The van der Waals surface area contributed by atoms with Gasteiger partial charge in [-0.25, -0.2) is 0 Å². The second kappa shape index (κ2) is 19.6. The lowest BCUT2D eigenvalue weighted by Gasteiger charge is -2.14. The maximum absolute atomic E-state index is 10.0. The van der Waals surface area contributed by atoms with E-state index in [1.807, 2.05) is 59.7 Å². The molecule has 3 aromatic carbocycles. The van der Waals surface area contributed by atoms with E-state index in [-0.39, 0.29) is 0 Å². The number of aromatic hydroxyl groups is 1. The Morgan fingerprint density at radius 3 is 1.44 bits per heavy atom. The van der Waals surface area contributed by atoms with E-state index >= 15 is 0 Å². The molecule has 0 atom stereocenters. The first-order valence-corrected chi connectivity index (χ1v) is 13.2. The second-order valence-electron chi connectivity index (χ2n) is 7.73. The van der Waals surface area contributed by atoms with E-state index in [1.165, 1.54) is 22.3 Å². The quantitative estimate of drug-likeness (QED) is 0.354. The first kappa shape index (κ1) is 31.2. The highest BCUT2D eigenvalue weighted by atomic mass is 16.3. The predicted octanol–water partition coefficient (Wildman–Crippen LogP) is 9.98. The van der Waals surface area contributed by atoms with E-state index in [1.54, 1.807) is 6.07 Å². The summed E-state index contributed by atoms with van der Waals surface area (Å²) in [6, 6.07) is 25.2. The van der Waals surface area contributed by atoms with Gasteiger partial charge in [0.1, 0.15) is 5.75 Å². The second-order valence-corrected chi connectivity index (χ2v) is 7.73. The van der Waals surface area contributed by atoms with Crippen LogP contribution in [0.4, 0.5) is 0 Å². The van der Waals surface area contributed by atoms with E-state index in [0.29, 0.717) is 11.7 Å². The predicted molar refractivity (Wildman–Crippen MR) is 154 cm³/mol. The van der Waals surface area contributed by atoms with Crippen molar-refractivity contribution >= 4 is 6.08 Å². The Bertz CT molecular complexity index is 839. The molecule has 1 N–H and O–H groups in total. The summed E-state index contributed by atoms with van der Waals surface area (Å²) >= 11 is 0. The van der Waals surface area contributed by atoms with Crippen LogP contribution in [0, 0.1) is 19.8 Å². The fourth-order valence-corrected chi connectivity index (χ4v) is 3.42. The van der Waals surface area contributed by atoms with Crippen LogP contribution in [0.15, 0.2) is 78.9 Å². The Morgan fingerprint density at radius 2 is 1.03 bits per heavy atom. The summed E-state index contributed by atoms with van der Waals surface area (Å²) in [5, 5.41) is 10.0. The van der Waals surface area contributed by atoms with Gasteiger partial charge >= 0.3 is 0 Å². The number of para-hydroxylation sites is 1. The molecule has 34 heavy (non-hydrogen) atoms. The van der Waals surface area contributed by atoms with Crippen molar-refractivity contribution in [3.05, 3.63) is 107 Å². The van der Waals surface area contributed by atoms with E-state index in [0.717, 1.165) is 31.2 Å². The largest absolute Gasteiger partial charge is 0.507 e. The molecule has 0 aliphatic heterocycles. The zero-order valence-electron chi connectivity index (χ0n) is 22.9. The zero-order chi connectivity index (χ0) is 25.8. The van der Waals surface area contributed by atoms with Crippen molar-refractivity contribution in [3.63, 3.8) is 0 Å². The van der Waals surface area contributed by atoms with Gasteiger partial charge in [-0.15, -0.1) is 0 Å². The lowest BCUT2D eigenvalue weighted by Crippen LogP contribution is -2.02. The molecule has 3 rings (SSSR count). The maximum Gasteiger partial charge on any atom is 0.122 e. The van der Waals surface area contributed by atoms with Gasteiger partial charge in [0.05, 0.1) is 0 Å². The maximum atomic E-state index is 10.0. The number of allylic oxidation sites excluding steroid dienone is 1. The van der Waals surface area contributed by atoms with Crippen molar-refractivity contribution < 1.29 is 5.11 Å². The van der Waals surface area contributed by atoms with Crippen LogP contribution in [0.2, 0.25) is 0 Å². The number of phenols is 1. The number of hydrogen-bond acceptors (Lipinski definition) is 1. The Morgan fingerprint density at radius 1 is 0.618 bits per heavy atom. The van der Waals surface area contributed by atoms with Crippen molar-refractivity contribution in [3.8, 4) is 5.75 Å². The smallest absolute Gasteiger partial charge is 0.122 e. The molecule has 3 aromatic rings. The number of phenolic OH excluding ortho intramolecular Hbond substituents is 1. The summed E-state index contributed by atoms with van der Waals surface area (Å²) in [6.07, 6.45) is 8.72. The van der Waals surface area contributed by atoms with Crippen LogP contribution in [0.3, 0.4) is 0 Å². The van der Waals surface area contributed by atoms with Crippen LogP contribution in [0.1, 0.15) is 82.2 Å². The van der Waals surface area contributed by atoms with Crippen molar-refractivity contribution in [2.24, 2.45) is 5.92 Å². The third-order valence-corrected chi connectivity index (χ3v) is 5.33. The molecule has 0 bridgehead atoms. The minimum Gasteiger partial charge on any atom is -0.507 e. The van der Waals surface area contributed by atoms with Crippen LogP contribution in [0.25, 0.3) is 6.08 Å². The zero-order valence-corrected chi connectivity index (χ0v) is 22.9. The molecular weight excluding hydrogens is 412 g/mol. The number of benzene rings is 3. The van der Waals surface area contributed by atoms with Gasteiger partial charge in [0.15, 0.2) is 0 Å². The molecule has 0 aliphatic carbocycles. The normalized spacial score (nSPS) is 9.91. The number of aryl methyl sites for hydroxylation is 4. The number of hydrogen-bond donors (Lipinski definition) is 1. The summed E-state index contributed by atoms with van der Waals surface area (Å²) < 4.78 is 0. The average Bonchev–Trinajstić information content (AvgIpc) is 2.90. The molecular formula is C33H48O. The Hall–Kier alpha value is -2.80. The number of rotatable bonds is 8. The van der Waals surface area contributed by atoms with Crippen LogP contribution in [-0.2, 0) is 12.8 Å². The Balaban J connectivity index is 0.00000168. The van der Waals surface area contributed by atoms with Gasteiger partial charge in [0.25, 0.3) is 0 Å². The van der Waals surface area contributed by atoms with Gasteiger partial charge in [-0.2, -0.15) is 0 Å². The highest BCUT2D eigenvalue weighted by molar-refractivity contribution is 5.56. The van der Waals surface area contributed by atoms with Crippen molar-refractivity contribution in [2.75, 3.05) is 0 Å². The highest BCUT2D eigenvalue weighted by Crippen LogP contribution is 2.23. The molecule has 0 amide bonds. The van der Waals surface area contributed by atoms with E-state index in [2.05, 4.69) is 74.5 Å². The van der Waals surface area contributed by atoms with Gasteiger partial charge in [0, 0.05) is 5.56 Å². The Kier molecular flexibility index (Phi) is 18.0. The fourth-order valence-electron chi connectivity index (χ4n) is 3.42. The van der Waals surface area contributed by atoms with Crippen LogP contribution in [0.5, 0.6) is 5.75 Å². The molecule has 1 heteroatoms. The summed E-state index contributed by atoms with van der Waals surface area (Å²) in [5.41, 5.74) is 6.28. The lowest BCUT2D eigenvalue weighted by atomic mass is 9.92. The van der Waals surface area contributed by atoms with Crippen LogP contribution >= 0.6 is 0 Å².